The maximum atomic E-state index is 13.2. The summed E-state index contributed by atoms with van der Waals surface area (Å²) in [4.78, 5) is 26.5. The molecular formula is C36H46O2. The number of hydrogen-bond donors (Lipinski definition) is 0. The second-order valence-corrected chi connectivity index (χ2v) is 14.8. The average Bonchev–Trinajstić information content (AvgIpc) is 2.74. The van der Waals surface area contributed by atoms with Crippen molar-refractivity contribution in [3.63, 3.8) is 0 Å². The molecule has 0 fully saturated rings. The standard InChI is InChI=1S/C36H46O2/c1-33(2,3)27-19-25(20-28(31(27)37)34(4,5)6)17-23-13-15-24(16-14-23)18-26-21-29(35(7,8)9)32(38)30(22-26)36(10,11)12/h13-22H,1-12H3. The van der Waals surface area contributed by atoms with Crippen LogP contribution in [0.1, 0.15) is 94.2 Å². The van der Waals surface area contributed by atoms with Gasteiger partial charge in [0.05, 0.1) is 0 Å². The van der Waals surface area contributed by atoms with E-state index in [9.17, 15) is 9.59 Å². The van der Waals surface area contributed by atoms with E-state index in [0.29, 0.717) is 0 Å². The first-order chi connectivity index (χ1) is 17.2. The van der Waals surface area contributed by atoms with Crippen LogP contribution >= 0.6 is 0 Å². The normalized spacial score (nSPS) is 17.6. The van der Waals surface area contributed by atoms with E-state index in [4.69, 9.17) is 0 Å². The molecule has 0 saturated carbocycles. The van der Waals surface area contributed by atoms with Gasteiger partial charge in [0.1, 0.15) is 0 Å². The maximum absolute atomic E-state index is 13.2. The van der Waals surface area contributed by atoms with Crippen molar-refractivity contribution in [3.05, 3.63) is 93.1 Å². The molecule has 2 nitrogen and oxygen atoms in total. The largest absolute Gasteiger partial charge is 0.289 e. The van der Waals surface area contributed by atoms with Crippen molar-refractivity contribution >= 4 is 23.7 Å². The lowest BCUT2D eigenvalue weighted by Gasteiger charge is -2.31. The summed E-state index contributed by atoms with van der Waals surface area (Å²) >= 11 is 0. The lowest BCUT2D eigenvalue weighted by atomic mass is 9.71. The van der Waals surface area contributed by atoms with Gasteiger partial charge in [0.2, 0.25) is 0 Å². The van der Waals surface area contributed by atoms with Gasteiger partial charge in [-0.1, -0.05) is 107 Å². The zero-order valence-corrected chi connectivity index (χ0v) is 25.6. The van der Waals surface area contributed by atoms with Gasteiger partial charge < -0.3 is 0 Å². The fourth-order valence-electron chi connectivity index (χ4n) is 4.77. The predicted octanol–water partition coefficient (Wildman–Crippen LogP) is 9.51. The molecular weight excluding hydrogens is 464 g/mol. The van der Waals surface area contributed by atoms with Crippen LogP contribution in [0.3, 0.4) is 0 Å². The van der Waals surface area contributed by atoms with E-state index in [1.807, 2.05) is 24.3 Å². The zero-order chi connectivity index (χ0) is 28.8. The van der Waals surface area contributed by atoms with E-state index < -0.39 is 0 Å². The summed E-state index contributed by atoms with van der Waals surface area (Å²) in [5, 5.41) is 0. The Morgan fingerprint density at radius 3 is 0.816 bits per heavy atom. The molecule has 0 radical (unpaired) electrons. The summed E-state index contributed by atoms with van der Waals surface area (Å²) in [6.07, 6.45) is 12.5. The Morgan fingerprint density at radius 1 is 0.421 bits per heavy atom. The molecule has 0 heterocycles. The minimum Gasteiger partial charge on any atom is -0.289 e. The summed E-state index contributed by atoms with van der Waals surface area (Å²) in [5.41, 5.74) is 6.78. The van der Waals surface area contributed by atoms with Gasteiger partial charge in [-0.15, -0.1) is 0 Å². The quantitative estimate of drug-likeness (QED) is 0.397. The number of allylic oxidation sites excluding steroid dienone is 10. The fourth-order valence-corrected chi connectivity index (χ4v) is 4.77. The number of ketones is 2. The Morgan fingerprint density at radius 2 is 0.632 bits per heavy atom. The molecule has 0 saturated heterocycles. The minimum atomic E-state index is -0.225. The third kappa shape index (κ3) is 6.70. The molecule has 0 aliphatic heterocycles. The number of Topliss-reactive ketones (excluding diaryl/α,β-unsaturated/α-hetero) is 2. The van der Waals surface area contributed by atoms with Gasteiger partial charge in [-0.05, 0) is 80.4 Å². The van der Waals surface area contributed by atoms with E-state index in [2.05, 4.69) is 120 Å². The van der Waals surface area contributed by atoms with Crippen molar-refractivity contribution in [3.8, 4) is 0 Å². The Hall–Kier alpha value is -3.00. The van der Waals surface area contributed by atoms with E-state index >= 15 is 0 Å². The lowest BCUT2D eigenvalue weighted by molar-refractivity contribution is -0.114. The molecule has 2 aliphatic carbocycles. The summed E-state index contributed by atoms with van der Waals surface area (Å²) in [6.45, 7) is 25.2. The first-order valence-corrected chi connectivity index (χ1v) is 13.7. The molecule has 1 aromatic rings. The Bertz CT molecular complexity index is 1140. The monoisotopic (exact) mass is 510 g/mol. The molecule has 2 aliphatic rings. The Labute approximate surface area is 231 Å². The topological polar surface area (TPSA) is 34.1 Å². The van der Waals surface area contributed by atoms with Crippen LogP contribution in [-0.4, -0.2) is 11.6 Å². The van der Waals surface area contributed by atoms with Gasteiger partial charge in [-0.25, -0.2) is 0 Å². The molecule has 0 aromatic heterocycles. The van der Waals surface area contributed by atoms with Crippen molar-refractivity contribution in [2.24, 2.45) is 21.7 Å². The molecule has 38 heavy (non-hydrogen) atoms. The summed E-state index contributed by atoms with van der Waals surface area (Å²) in [5.74, 6) is 0.306. The first-order valence-electron chi connectivity index (χ1n) is 13.7. The fraction of sp³-hybridized carbons (Fsp3) is 0.444. The van der Waals surface area contributed by atoms with Crippen LogP contribution in [0.15, 0.2) is 82.0 Å². The highest BCUT2D eigenvalue weighted by Gasteiger charge is 2.35. The van der Waals surface area contributed by atoms with Gasteiger partial charge in [-0.3, -0.25) is 9.59 Å². The van der Waals surface area contributed by atoms with E-state index in [1.54, 1.807) is 0 Å². The smallest absolute Gasteiger partial charge is 0.186 e. The van der Waals surface area contributed by atoms with Crippen LogP contribution in [-0.2, 0) is 9.59 Å². The third-order valence-electron chi connectivity index (χ3n) is 7.06. The molecule has 0 bridgehead atoms. The van der Waals surface area contributed by atoms with E-state index in [-0.39, 0.29) is 33.2 Å². The van der Waals surface area contributed by atoms with Crippen LogP contribution in [0, 0.1) is 21.7 Å². The highest BCUT2D eigenvalue weighted by Crippen LogP contribution is 2.40. The first kappa shape index (κ1) is 29.6. The van der Waals surface area contributed by atoms with Gasteiger partial charge in [0.15, 0.2) is 11.6 Å². The van der Waals surface area contributed by atoms with Crippen LogP contribution < -0.4 is 0 Å². The number of benzene rings is 1. The van der Waals surface area contributed by atoms with Gasteiger partial charge in [-0.2, -0.15) is 0 Å². The van der Waals surface area contributed by atoms with Crippen molar-refractivity contribution in [2.45, 2.75) is 83.1 Å². The number of hydrogen-bond acceptors (Lipinski definition) is 2. The van der Waals surface area contributed by atoms with Gasteiger partial charge >= 0.3 is 0 Å². The highest BCUT2D eigenvalue weighted by atomic mass is 16.1. The Balaban J connectivity index is 2.02. The average molecular weight is 511 g/mol. The van der Waals surface area contributed by atoms with Crippen LogP contribution in [0.25, 0.3) is 12.2 Å². The summed E-state index contributed by atoms with van der Waals surface area (Å²) < 4.78 is 0. The molecule has 1 aromatic carbocycles. The molecule has 0 spiro atoms. The lowest BCUT2D eigenvalue weighted by Crippen LogP contribution is -2.27. The molecule has 202 valence electrons. The number of carbonyl (C=O) groups excluding carboxylic acids is 2. The molecule has 2 heteroatoms. The SMILES string of the molecule is CC(C)(C)C1=CC(=Cc2ccc(C=C3C=C(C(C)(C)C)C(=O)C(C(C)(C)C)=C3)cc2)C=C(C(C)(C)C)C1=O. The van der Waals surface area contributed by atoms with E-state index in [0.717, 1.165) is 44.6 Å². The Kier molecular flexibility index (Phi) is 7.74. The summed E-state index contributed by atoms with van der Waals surface area (Å²) in [7, 11) is 0. The van der Waals surface area contributed by atoms with Crippen LogP contribution in [0.2, 0.25) is 0 Å². The summed E-state index contributed by atoms with van der Waals surface area (Å²) in [6, 6.07) is 8.45. The molecule has 0 unspecified atom stereocenters. The van der Waals surface area contributed by atoms with Crippen molar-refractivity contribution in [1.29, 1.82) is 0 Å². The number of carbonyl (C=O) groups is 2. The van der Waals surface area contributed by atoms with Crippen molar-refractivity contribution < 1.29 is 9.59 Å². The second-order valence-electron chi connectivity index (χ2n) is 14.8. The van der Waals surface area contributed by atoms with Gasteiger partial charge in [0, 0.05) is 22.3 Å². The molecule has 0 atom stereocenters. The zero-order valence-electron chi connectivity index (χ0n) is 25.6. The maximum Gasteiger partial charge on any atom is 0.186 e. The molecule has 0 amide bonds. The third-order valence-corrected chi connectivity index (χ3v) is 7.06. The molecule has 0 N–H and O–H groups in total. The number of rotatable bonds is 2. The minimum absolute atomic E-state index is 0.153. The van der Waals surface area contributed by atoms with Crippen LogP contribution in [0.4, 0.5) is 0 Å². The van der Waals surface area contributed by atoms with Crippen molar-refractivity contribution in [2.75, 3.05) is 0 Å². The second kappa shape index (κ2) is 9.95. The predicted molar refractivity (Wildman–Crippen MR) is 163 cm³/mol. The van der Waals surface area contributed by atoms with Crippen LogP contribution in [0.5, 0.6) is 0 Å². The van der Waals surface area contributed by atoms with Gasteiger partial charge in [0.25, 0.3) is 0 Å². The van der Waals surface area contributed by atoms with E-state index in [1.165, 1.54) is 0 Å². The highest BCUT2D eigenvalue weighted by molar-refractivity contribution is 6.12. The molecule has 3 rings (SSSR count). The van der Waals surface area contributed by atoms with Crippen molar-refractivity contribution in [1.82, 2.24) is 0 Å².